The number of aliphatic hydroxyl groups excluding tert-OH is 1. The van der Waals surface area contributed by atoms with Gasteiger partial charge in [-0.15, -0.1) is 0 Å². The van der Waals surface area contributed by atoms with Crippen LogP contribution in [0.5, 0.6) is 0 Å². The molecule has 2 heteroatoms. The summed E-state index contributed by atoms with van der Waals surface area (Å²) in [6.45, 7) is 4.75. The van der Waals surface area contributed by atoms with Crippen LogP contribution in [0.2, 0.25) is 0 Å². The summed E-state index contributed by atoms with van der Waals surface area (Å²) in [4.78, 5) is 2.55. The molecule has 2 aliphatic rings. The molecule has 88 valence electrons. The van der Waals surface area contributed by atoms with Crippen molar-refractivity contribution in [2.45, 2.75) is 64.0 Å². The fourth-order valence-corrected chi connectivity index (χ4v) is 3.21. The van der Waals surface area contributed by atoms with E-state index in [1.54, 1.807) is 0 Å². The van der Waals surface area contributed by atoms with Crippen LogP contribution in [0.1, 0.15) is 51.9 Å². The Kier molecular flexibility index (Phi) is 4.04. The standard InChI is InChI=1S/C13H25NO/c1-2-11-7-9-14(10-8-11)12-5-3-4-6-13(12)15/h11-13,15H,2-10H2,1H3/t12-,13-/m1/s1. The maximum absolute atomic E-state index is 10.0. The quantitative estimate of drug-likeness (QED) is 0.758. The van der Waals surface area contributed by atoms with Gasteiger partial charge in [0.25, 0.3) is 0 Å². The Balaban J connectivity index is 1.83. The molecule has 0 unspecified atom stereocenters. The monoisotopic (exact) mass is 211 g/mol. The lowest BCUT2D eigenvalue weighted by Crippen LogP contribution is -2.48. The number of likely N-dealkylation sites (tertiary alicyclic amines) is 1. The van der Waals surface area contributed by atoms with Gasteiger partial charge in [0, 0.05) is 6.04 Å². The molecule has 1 aliphatic heterocycles. The molecule has 0 amide bonds. The average Bonchev–Trinajstić information content (AvgIpc) is 2.30. The Hall–Kier alpha value is -0.0800. The van der Waals surface area contributed by atoms with Gasteiger partial charge in [-0.1, -0.05) is 26.2 Å². The third-order valence-electron chi connectivity index (χ3n) is 4.39. The topological polar surface area (TPSA) is 23.5 Å². The van der Waals surface area contributed by atoms with Gasteiger partial charge < -0.3 is 5.11 Å². The second kappa shape index (κ2) is 5.31. The highest BCUT2D eigenvalue weighted by atomic mass is 16.3. The first-order valence-corrected chi connectivity index (χ1v) is 6.73. The fraction of sp³-hybridized carbons (Fsp3) is 1.00. The van der Waals surface area contributed by atoms with Crippen LogP contribution in [0, 0.1) is 5.92 Å². The SMILES string of the molecule is CCC1CCN([C@@H]2CCCC[C@H]2O)CC1. The predicted molar refractivity (Wildman–Crippen MR) is 62.9 cm³/mol. The number of piperidine rings is 1. The summed E-state index contributed by atoms with van der Waals surface area (Å²) in [6, 6.07) is 0.483. The molecular formula is C13H25NO. The molecule has 1 aliphatic carbocycles. The largest absolute Gasteiger partial charge is 0.391 e. The van der Waals surface area contributed by atoms with Crippen LogP contribution in [0.15, 0.2) is 0 Å². The van der Waals surface area contributed by atoms with Crippen molar-refractivity contribution in [2.75, 3.05) is 13.1 Å². The molecule has 0 spiro atoms. The average molecular weight is 211 g/mol. The Bertz CT molecular complexity index is 187. The van der Waals surface area contributed by atoms with E-state index in [1.165, 1.54) is 51.6 Å². The smallest absolute Gasteiger partial charge is 0.0695 e. The van der Waals surface area contributed by atoms with Gasteiger partial charge in [0.05, 0.1) is 6.10 Å². The molecular weight excluding hydrogens is 186 g/mol. The Morgan fingerprint density at radius 2 is 1.73 bits per heavy atom. The van der Waals surface area contributed by atoms with E-state index in [1.807, 2.05) is 0 Å². The van der Waals surface area contributed by atoms with Gasteiger partial charge in [-0.05, 0) is 44.7 Å². The molecule has 15 heavy (non-hydrogen) atoms. The maximum atomic E-state index is 10.0. The molecule has 1 saturated carbocycles. The zero-order chi connectivity index (χ0) is 10.7. The minimum absolute atomic E-state index is 0.0445. The summed E-state index contributed by atoms with van der Waals surface area (Å²) >= 11 is 0. The summed E-state index contributed by atoms with van der Waals surface area (Å²) in [6.07, 6.45) is 8.77. The first-order chi connectivity index (χ1) is 7.31. The molecule has 0 aromatic heterocycles. The van der Waals surface area contributed by atoms with E-state index in [-0.39, 0.29) is 6.10 Å². The zero-order valence-corrected chi connectivity index (χ0v) is 9.99. The Morgan fingerprint density at radius 1 is 1.07 bits per heavy atom. The maximum Gasteiger partial charge on any atom is 0.0695 e. The van der Waals surface area contributed by atoms with E-state index >= 15 is 0 Å². The van der Waals surface area contributed by atoms with Crippen LogP contribution in [0.4, 0.5) is 0 Å². The lowest BCUT2D eigenvalue weighted by molar-refractivity contribution is 0.00379. The van der Waals surface area contributed by atoms with Gasteiger partial charge in [-0.3, -0.25) is 4.90 Å². The van der Waals surface area contributed by atoms with Crippen molar-refractivity contribution in [1.29, 1.82) is 0 Å². The molecule has 1 N–H and O–H groups in total. The summed E-state index contributed by atoms with van der Waals surface area (Å²) in [5.41, 5.74) is 0. The fourth-order valence-electron chi connectivity index (χ4n) is 3.21. The molecule has 2 fully saturated rings. The van der Waals surface area contributed by atoms with Gasteiger partial charge in [0.2, 0.25) is 0 Å². The summed E-state index contributed by atoms with van der Waals surface area (Å²) in [5.74, 6) is 0.946. The molecule has 0 radical (unpaired) electrons. The number of hydrogen-bond donors (Lipinski definition) is 1. The van der Waals surface area contributed by atoms with Gasteiger partial charge in [-0.25, -0.2) is 0 Å². The molecule has 0 aromatic rings. The second-order valence-electron chi connectivity index (χ2n) is 5.31. The van der Waals surface area contributed by atoms with Crippen LogP contribution in [-0.2, 0) is 0 Å². The van der Waals surface area contributed by atoms with E-state index in [0.29, 0.717) is 6.04 Å². The summed E-state index contributed by atoms with van der Waals surface area (Å²) < 4.78 is 0. The third-order valence-corrected chi connectivity index (χ3v) is 4.39. The van der Waals surface area contributed by atoms with Crippen molar-refractivity contribution in [2.24, 2.45) is 5.92 Å². The molecule has 2 rings (SSSR count). The van der Waals surface area contributed by atoms with Crippen molar-refractivity contribution >= 4 is 0 Å². The van der Waals surface area contributed by atoms with E-state index < -0.39 is 0 Å². The molecule has 2 nitrogen and oxygen atoms in total. The molecule has 1 saturated heterocycles. The number of hydrogen-bond acceptors (Lipinski definition) is 2. The normalized spacial score (nSPS) is 35.6. The minimum Gasteiger partial charge on any atom is -0.391 e. The highest BCUT2D eigenvalue weighted by Gasteiger charge is 2.30. The molecule has 2 atom stereocenters. The first kappa shape index (κ1) is 11.4. The predicted octanol–water partition coefficient (Wildman–Crippen LogP) is 2.41. The Labute approximate surface area is 93.7 Å². The second-order valence-corrected chi connectivity index (χ2v) is 5.31. The number of nitrogens with zero attached hydrogens (tertiary/aromatic N) is 1. The van der Waals surface area contributed by atoms with Crippen molar-refractivity contribution in [3.8, 4) is 0 Å². The van der Waals surface area contributed by atoms with E-state index in [9.17, 15) is 5.11 Å². The molecule has 1 heterocycles. The zero-order valence-electron chi connectivity index (χ0n) is 9.99. The van der Waals surface area contributed by atoms with Crippen molar-refractivity contribution in [3.05, 3.63) is 0 Å². The van der Waals surface area contributed by atoms with Crippen LogP contribution >= 0.6 is 0 Å². The summed E-state index contributed by atoms with van der Waals surface area (Å²) in [7, 11) is 0. The van der Waals surface area contributed by atoms with Crippen molar-refractivity contribution < 1.29 is 5.11 Å². The third kappa shape index (κ3) is 2.73. The van der Waals surface area contributed by atoms with Crippen LogP contribution in [-0.4, -0.2) is 35.2 Å². The number of aliphatic hydroxyl groups is 1. The van der Waals surface area contributed by atoms with E-state index in [0.717, 1.165) is 12.3 Å². The first-order valence-electron chi connectivity index (χ1n) is 6.73. The van der Waals surface area contributed by atoms with Crippen molar-refractivity contribution in [3.63, 3.8) is 0 Å². The van der Waals surface area contributed by atoms with Crippen LogP contribution in [0.25, 0.3) is 0 Å². The van der Waals surface area contributed by atoms with Crippen LogP contribution < -0.4 is 0 Å². The highest BCUT2D eigenvalue weighted by Crippen LogP contribution is 2.28. The van der Waals surface area contributed by atoms with Crippen LogP contribution in [0.3, 0.4) is 0 Å². The van der Waals surface area contributed by atoms with Gasteiger partial charge in [-0.2, -0.15) is 0 Å². The Morgan fingerprint density at radius 3 is 2.33 bits per heavy atom. The minimum atomic E-state index is -0.0445. The highest BCUT2D eigenvalue weighted by molar-refractivity contribution is 4.85. The lowest BCUT2D eigenvalue weighted by atomic mass is 9.87. The lowest BCUT2D eigenvalue weighted by Gasteiger charge is -2.41. The molecule has 0 bridgehead atoms. The van der Waals surface area contributed by atoms with Gasteiger partial charge >= 0.3 is 0 Å². The summed E-state index contributed by atoms with van der Waals surface area (Å²) in [5, 5.41) is 10.0. The van der Waals surface area contributed by atoms with Gasteiger partial charge in [0.15, 0.2) is 0 Å². The molecule has 0 aromatic carbocycles. The van der Waals surface area contributed by atoms with Crippen molar-refractivity contribution in [1.82, 2.24) is 4.90 Å². The van der Waals surface area contributed by atoms with E-state index in [2.05, 4.69) is 11.8 Å². The van der Waals surface area contributed by atoms with E-state index in [4.69, 9.17) is 0 Å². The number of rotatable bonds is 2. The van der Waals surface area contributed by atoms with Gasteiger partial charge in [0.1, 0.15) is 0 Å².